The Morgan fingerprint density at radius 1 is 1.09 bits per heavy atom. The van der Waals surface area contributed by atoms with Crippen molar-refractivity contribution in [1.82, 2.24) is 10.2 Å². The molecule has 0 heterocycles. The number of benzene rings is 2. The van der Waals surface area contributed by atoms with Crippen LogP contribution in [-0.4, -0.2) is 64.7 Å². The summed E-state index contributed by atoms with van der Waals surface area (Å²) in [5.41, 5.74) is 0.811. The van der Waals surface area contributed by atoms with Crippen LogP contribution in [0.1, 0.15) is 25.8 Å². The smallest absolute Gasteiger partial charge is 0.244 e. The molecule has 0 aromatic heterocycles. The van der Waals surface area contributed by atoms with Crippen LogP contribution in [-0.2, 0) is 26.2 Å². The summed E-state index contributed by atoms with van der Waals surface area (Å²) >= 11 is 6.33. The summed E-state index contributed by atoms with van der Waals surface area (Å²) in [5, 5.41) is 3.18. The first-order valence-corrected chi connectivity index (χ1v) is 13.3. The van der Waals surface area contributed by atoms with Gasteiger partial charge in [-0.05, 0) is 37.1 Å². The number of ether oxygens (including phenoxy) is 2. The molecule has 0 aliphatic heterocycles. The van der Waals surface area contributed by atoms with Crippen LogP contribution in [0.2, 0.25) is 5.02 Å². The summed E-state index contributed by atoms with van der Waals surface area (Å²) in [6, 6.07) is 10.8. The molecule has 1 atom stereocenters. The van der Waals surface area contributed by atoms with E-state index in [9.17, 15) is 18.0 Å². The maximum absolute atomic E-state index is 13.7. The first-order chi connectivity index (χ1) is 16.6. The lowest BCUT2D eigenvalue weighted by Crippen LogP contribution is -2.52. The van der Waals surface area contributed by atoms with Crippen molar-refractivity contribution in [2.75, 3.05) is 37.9 Å². The van der Waals surface area contributed by atoms with Gasteiger partial charge in [0.25, 0.3) is 0 Å². The Bertz CT molecular complexity index is 1140. The topological polar surface area (TPSA) is 105 Å². The molecule has 2 rings (SSSR count). The molecule has 0 spiro atoms. The number of hydrogen-bond acceptors (Lipinski definition) is 6. The van der Waals surface area contributed by atoms with Crippen molar-refractivity contribution in [3.63, 3.8) is 0 Å². The maximum atomic E-state index is 13.7. The van der Waals surface area contributed by atoms with Gasteiger partial charge in [0.05, 0.1) is 26.2 Å². The van der Waals surface area contributed by atoms with E-state index in [4.69, 9.17) is 21.1 Å². The summed E-state index contributed by atoms with van der Waals surface area (Å²) < 4.78 is 37.0. The van der Waals surface area contributed by atoms with E-state index in [-0.39, 0.29) is 23.9 Å². The lowest BCUT2D eigenvalue weighted by Gasteiger charge is -2.33. The van der Waals surface area contributed by atoms with Crippen molar-refractivity contribution in [1.29, 1.82) is 0 Å². The van der Waals surface area contributed by atoms with Crippen LogP contribution in [0.25, 0.3) is 0 Å². The van der Waals surface area contributed by atoms with Crippen LogP contribution in [0.15, 0.2) is 42.5 Å². The molecular formula is C24H32ClN3O6S. The van der Waals surface area contributed by atoms with Gasteiger partial charge in [-0.25, -0.2) is 8.42 Å². The average Bonchev–Trinajstić information content (AvgIpc) is 2.82. The van der Waals surface area contributed by atoms with E-state index in [0.717, 1.165) is 10.6 Å². The fraction of sp³-hybridized carbons (Fsp3) is 0.417. The zero-order valence-electron chi connectivity index (χ0n) is 20.6. The monoisotopic (exact) mass is 525 g/mol. The normalized spacial score (nSPS) is 11.9. The van der Waals surface area contributed by atoms with Crippen molar-refractivity contribution in [3.05, 3.63) is 53.1 Å². The number of nitrogens with zero attached hydrogens (tertiary/aromatic N) is 2. The van der Waals surface area contributed by atoms with Crippen molar-refractivity contribution in [2.45, 2.75) is 32.9 Å². The van der Waals surface area contributed by atoms with Crippen LogP contribution in [0.3, 0.4) is 0 Å². The SMILES string of the molecule is CCNC(=O)C(CC)N(Cc1ccccc1Cl)C(=O)CN(c1ccc(OC)cc1OC)S(C)(=O)=O. The third-order valence-corrected chi connectivity index (χ3v) is 6.87. The number of amides is 2. The highest BCUT2D eigenvalue weighted by Gasteiger charge is 2.32. The highest BCUT2D eigenvalue weighted by atomic mass is 35.5. The minimum absolute atomic E-state index is 0.0332. The summed E-state index contributed by atoms with van der Waals surface area (Å²) in [7, 11) is -1.03. The Hall–Kier alpha value is -2.98. The largest absolute Gasteiger partial charge is 0.497 e. The molecule has 35 heavy (non-hydrogen) atoms. The molecule has 0 aliphatic carbocycles. The first kappa shape index (κ1) is 28.3. The number of carbonyl (C=O) groups excluding carboxylic acids is 2. The summed E-state index contributed by atoms with van der Waals surface area (Å²) in [4.78, 5) is 27.8. The van der Waals surface area contributed by atoms with Gasteiger partial charge < -0.3 is 19.7 Å². The Labute approximate surface area is 212 Å². The van der Waals surface area contributed by atoms with Gasteiger partial charge in [-0.15, -0.1) is 0 Å². The van der Waals surface area contributed by atoms with Crippen LogP contribution in [0, 0.1) is 0 Å². The Kier molecular flexibility index (Phi) is 10.2. The van der Waals surface area contributed by atoms with Gasteiger partial charge in [0.2, 0.25) is 21.8 Å². The lowest BCUT2D eigenvalue weighted by molar-refractivity contribution is -0.140. The molecule has 11 heteroatoms. The van der Waals surface area contributed by atoms with Gasteiger partial charge in [0, 0.05) is 24.2 Å². The molecule has 192 valence electrons. The highest BCUT2D eigenvalue weighted by Crippen LogP contribution is 2.34. The predicted molar refractivity (Wildman–Crippen MR) is 137 cm³/mol. The zero-order chi connectivity index (χ0) is 26.2. The number of nitrogens with one attached hydrogen (secondary N) is 1. The van der Waals surface area contributed by atoms with Crippen LogP contribution in [0.4, 0.5) is 5.69 Å². The minimum Gasteiger partial charge on any atom is -0.497 e. The van der Waals surface area contributed by atoms with Gasteiger partial charge in [-0.1, -0.05) is 36.7 Å². The zero-order valence-corrected chi connectivity index (χ0v) is 22.1. The second kappa shape index (κ2) is 12.6. The maximum Gasteiger partial charge on any atom is 0.244 e. The lowest BCUT2D eigenvalue weighted by atomic mass is 10.1. The number of likely N-dealkylation sites (N-methyl/N-ethyl adjacent to an activating group) is 1. The fourth-order valence-electron chi connectivity index (χ4n) is 3.61. The van der Waals surface area contributed by atoms with Gasteiger partial charge in [0.1, 0.15) is 24.1 Å². The second-order valence-corrected chi connectivity index (χ2v) is 10.1. The second-order valence-electron chi connectivity index (χ2n) is 7.74. The fourth-order valence-corrected chi connectivity index (χ4v) is 4.66. The summed E-state index contributed by atoms with van der Waals surface area (Å²) in [6.45, 7) is 3.45. The third kappa shape index (κ3) is 7.25. The molecule has 1 N–H and O–H groups in total. The van der Waals surface area contributed by atoms with Gasteiger partial charge in [-0.2, -0.15) is 0 Å². The van der Waals surface area contributed by atoms with Crippen molar-refractivity contribution < 1.29 is 27.5 Å². The van der Waals surface area contributed by atoms with Gasteiger partial charge in [-0.3, -0.25) is 13.9 Å². The third-order valence-electron chi connectivity index (χ3n) is 5.37. The van der Waals surface area contributed by atoms with E-state index in [2.05, 4.69) is 5.32 Å². The molecule has 2 aromatic carbocycles. The Balaban J connectivity index is 2.52. The quantitative estimate of drug-likeness (QED) is 0.456. The molecule has 0 bridgehead atoms. The van der Waals surface area contributed by atoms with E-state index in [1.807, 2.05) is 0 Å². The van der Waals surface area contributed by atoms with Gasteiger partial charge >= 0.3 is 0 Å². The number of halogens is 1. The Morgan fingerprint density at radius 3 is 2.31 bits per heavy atom. The number of hydrogen-bond donors (Lipinski definition) is 1. The number of rotatable bonds is 12. The van der Waals surface area contributed by atoms with Gasteiger partial charge in [0.15, 0.2) is 0 Å². The van der Waals surface area contributed by atoms with E-state index < -0.39 is 28.5 Å². The van der Waals surface area contributed by atoms with Crippen molar-refractivity contribution in [2.24, 2.45) is 0 Å². The van der Waals surface area contributed by atoms with Crippen molar-refractivity contribution >= 4 is 39.1 Å². The van der Waals surface area contributed by atoms with E-state index in [1.54, 1.807) is 44.2 Å². The molecule has 0 fully saturated rings. The number of carbonyl (C=O) groups is 2. The molecule has 1 unspecified atom stereocenters. The van der Waals surface area contributed by atoms with E-state index >= 15 is 0 Å². The van der Waals surface area contributed by atoms with Crippen LogP contribution < -0.4 is 19.1 Å². The number of anilines is 1. The minimum atomic E-state index is -3.90. The predicted octanol–water partition coefficient (Wildman–Crippen LogP) is 3.07. The number of methoxy groups -OCH3 is 2. The Morgan fingerprint density at radius 2 is 1.77 bits per heavy atom. The molecule has 2 aromatic rings. The standard InChI is InChI=1S/C24H32ClN3O6S/c1-6-20(24(30)26-7-2)27(15-17-10-8-9-11-19(17)25)23(29)16-28(35(5,31)32)21-13-12-18(33-3)14-22(21)34-4/h8-14,20H,6-7,15-16H2,1-5H3,(H,26,30). The molecule has 0 saturated carbocycles. The molecule has 0 radical (unpaired) electrons. The van der Waals surface area contributed by atoms with Crippen LogP contribution in [0.5, 0.6) is 11.5 Å². The molecule has 0 aliphatic rings. The summed E-state index contributed by atoms with van der Waals surface area (Å²) in [5.74, 6) is -0.210. The first-order valence-electron chi connectivity index (χ1n) is 11.1. The molecular weight excluding hydrogens is 494 g/mol. The molecule has 0 saturated heterocycles. The van der Waals surface area contributed by atoms with E-state index in [1.165, 1.54) is 31.3 Å². The average molecular weight is 526 g/mol. The summed E-state index contributed by atoms with van der Waals surface area (Å²) in [6.07, 6.45) is 1.33. The van der Waals surface area contributed by atoms with Crippen LogP contribution >= 0.6 is 11.6 Å². The van der Waals surface area contributed by atoms with E-state index in [0.29, 0.717) is 29.3 Å². The number of sulfonamides is 1. The van der Waals surface area contributed by atoms with Crippen molar-refractivity contribution in [3.8, 4) is 11.5 Å². The molecule has 2 amide bonds. The highest BCUT2D eigenvalue weighted by molar-refractivity contribution is 7.92. The molecule has 9 nitrogen and oxygen atoms in total.